The third kappa shape index (κ3) is 3.67. The Hall–Kier alpha value is -1.75. The molecule has 5 heteroatoms. The molecule has 0 aliphatic heterocycles. The number of aryl methyl sites for hydroxylation is 2. The Morgan fingerprint density at radius 3 is 2.67 bits per heavy atom. The third-order valence-electron chi connectivity index (χ3n) is 3.51. The fraction of sp³-hybridized carbons (Fsp3) is 0.438. The van der Waals surface area contributed by atoms with Gasteiger partial charge in [-0.1, -0.05) is 19.1 Å². The van der Waals surface area contributed by atoms with Gasteiger partial charge in [-0.05, 0) is 31.0 Å². The highest BCUT2D eigenvalue weighted by atomic mass is 19.2. The molecule has 0 aliphatic rings. The molecular weight excluding hydrogens is 274 g/mol. The van der Waals surface area contributed by atoms with Gasteiger partial charge in [0.25, 0.3) is 0 Å². The molecule has 2 aromatic rings. The number of aromatic nitrogens is 2. The summed E-state index contributed by atoms with van der Waals surface area (Å²) >= 11 is 0. The van der Waals surface area contributed by atoms with E-state index < -0.39 is 17.7 Å². The van der Waals surface area contributed by atoms with Crippen LogP contribution in [-0.4, -0.2) is 21.0 Å². The van der Waals surface area contributed by atoms with Crippen LogP contribution in [0.25, 0.3) is 0 Å². The number of hydrogen-bond acceptors (Lipinski definition) is 2. The molecule has 1 aromatic carbocycles. The Morgan fingerprint density at radius 1 is 1.24 bits per heavy atom. The lowest BCUT2D eigenvalue weighted by atomic mass is 10.0. The molecule has 1 aromatic heterocycles. The molecule has 0 bridgehead atoms. The van der Waals surface area contributed by atoms with E-state index >= 15 is 0 Å². The fourth-order valence-corrected chi connectivity index (χ4v) is 2.40. The van der Waals surface area contributed by atoms with Crippen LogP contribution in [0.2, 0.25) is 0 Å². The van der Waals surface area contributed by atoms with Crippen LogP contribution in [0.15, 0.2) is 24.3 Å². The van der Waals surface area contributed by atoms with E-state index in [0.29, 0.717) is 6.42 Å². The van der Waals surface area contributed by atoms with Crippen molar-refractivity contribution in [3.8, 4) is 0 Å². The molecule has 0 aliphatic carbocycles. The summed E-state index contributed by atoms with van der Waals surface area (Å²) in [7, 11) is 0. The molecule has 0 saturated heterocycles. The van der Waals surface area contributed by atoms with Crippen LogP contribution in [0, 0.1) is 11.6 Å². The van der Waals surface area contributed by atoms with Gasteiger partial charge in [-0.3, -0.25) is 4.68 Å². The predicted molar refractivity (Wildman–Crippen MR) is 77.1 cm³/mol. The van der Waals surface area contributed by atoms with E-state index in [-0.39, 0.29) is 12.0 Å². The van der Waals surface area contributed by atoms with Crippen molar-refractivity contribution in [1.29, 1.82) is 0 Å². The second kappa shape index (κ2) is 6.80. The van der Waals surface area contributed by atoms with Crippen LogP contribution in [0.3, 0.4) is 0 Å². The summed E-state index contributed by atoms with van der Waals surface area (Å²) in [4.78, 5) is 0. The molecule has 21 heavy (non-hydrogen) atoms. The van der Waals surface area contributed by atoms with Crippen molar-refractivity contribution in [1.82, 2.24) is 9.78 Å². The van der Waals surface area contributed by atoms with Crippen molar-refractivity contribution in [2.75, 3.05) is 0 Å². The maximum absolute atomic E-state index is 13.6. The molecule has 0 saturated carbocycles. The van der Waals surface area contributed by atoms with Crippen LogP contribution in [0.4, 0.5) is 8.78 Å². The van der Waals surface area contributed by atoms with E-state index in [0.717, 1.165) is 30.4 Å². The van der Waals surface area contributed by atoms with Crippen LogP contribution < -0.4 is 0 Å². The minimum atomic E-state index is -0.883. The first-order chi connectivity index (χ1) is 10.0. The summed E-state index contributed by atoms with van der Waals surface area (Å²) < 4.78 is 28.6. The number of rotatable bonds is 6. The Bertz CT molecular complexity index is 610. The Morgan fingerprint density at radius 2 is 2.00 bits per heavy atom. The van der Waals surface area contributed by atoms with E-state index in [1.54, 1.807) is 0 Å². The molecule has 0 spiro atoms. The lowest BCUT2D eigenvalue weighted by molar-refractivity contribution is 0.171. The van der Waals surface area contributed by atoms with Crippen molar-refractivity contribution in [2.24, 2.45) is 0 Å². The van der Waals surface area contributed by atoms with Gasteiger partial charge < -0.3 is 5.11 Å². The average molecular weight is 294 g/mol. The van der Waals surface area contributed by atoms with E-state index in [1.165, 1.54) is 12.1 Å². The van der Waals surface area contributed by atoms with Crippen LogP contribution in [0.5, 0.6) is 0 Å². The van der Waals surface area contributed by atoms with Gasteiger partial charge in [0.2, 0.25) is 0 Å². The zero-order valence-corrected chi connectivity index (χ0v) is 12.3. The molecule has 0 amide bonds. The summed E-state index contributed by atoms with van der Waals surface area (Å²) in [5.74, 6) is -1.76. The Labute approximate surface area is 123 Å². The Kier molecular flexibility index (Phi) is 5.07. The van der Waals surface area contributed by atoms with Gasteiger partial charge in [0.1, 0.15) is 0 Å². The van der Waals surface area contributed by atoms with Crippen molar-refractivity contribution in [2.45, 2.75) is 45.8 Å². The SMILES string of the molecule is CCc1cc(CC(O)Cc2cccc(F)c2F)n(CC)n1. The average Bonchev–Trinajstić information content (AvgIpc) is 2.86. The van der Waals surface area contributed by atoms with Gasteiger partial charge in [-0.25, -0.2) is 8.78 Å². The van der Waals surface area contributed by atoms with E-state index in [4.69, 9.17) is 0 Å². The largest absolute Gasteiger partial charge is 0.392 e. The highest BCUT2D eigenvalue weighted by Gasteiger charge is 2.15. The number of hydrogen-bond donors (Lipinski definition) is 1. The second-order valence-electron chi connectivity index (χ2n) is 5.07. The summed E-state index contributed by atoms with van der Waals surface area (Å²) in [6.07, 6.45) is 0.513. The summed E-state index contributed by atoms with van der Waals surface area (Å²) in [5, 5.41) is 14.6. The molecule has 3 nitrogen and oxygen atoms in total. The minimum Gasteiger partial charge on any atom is -0.392 e. The molecule has 1 unspecified atom stereocenters. The predicted octanol–water partition coefficient (Wildman–Crippen LogP) is 2.89. The monoisotopic (exact) mass is 294 g/mol. The Balaban J connectivity index is 2.09. The molecule has 0 radical (unpaired) electrons. The van der Waals surface area contributed by atoms with Gasteiger partial charge >= 0.3 is 0 Å². The maximum Gasteiger partial charge on any atom is 0.162 e. The molecule has 114 valence electrons. The summed E-state index contributed by atoms with van der Waals surface area (Å²) in [5.41, 5.74) is 2.08. The highest BCUT2D eigenvalue weighted by molar-refractivity contribution is 5.20. The maximum atomic E-state index is 13.6. The van der Waals surface area contributed by atoms with Gasteiger partial charge in [-0.15, -0.1) is 0 Å². The summed E-state index contributed by atoms with van der Waals surface area (Å²) in [6, 6.07) is 5.97. The van der Waals surface area contributed by atoms with Gasteiger partial charge in [-0.2, -0.15) is 5.10 Å². The second-order valence-corrected chi connectivity index (χ2v) is 5.07. The first kappa shape index (κ1) is 15.6. The normalized spacial score (nSPS) is 12.6. The zero-order chi connectivity index (χ0) is 15.4. The van der Waals surface area contributed by atoms with Gasteiger partial charge in [0.15, 0.2) is 11.6 Å². The number of benzene rings is 1. The van der Waals surface area contributed by atoms with E-state index in [2.05, 4.69) is 5.10 Å². The smallest absolute Gasteiger partial charge is 0.162 e. The van der Waals surface area contributed by atoms with E-state index in [9.17, 15) is 13.9 Å². The first-order valence-electron chi connectivity index (χ1n) is 7.21. The van der Waals surface area contributed by atoms with Crippen molar-refractivity contribution >= 4 is 0 Å². The number of aliphatic hydroxyl groups excluding tert-OH is 1. The number of halogens is 2. The molecule has 1 N–H and O–H groups in total. The minimum absolute atomic E-state index is 0.0833. The molecule has 1 atom stereocenters. The standard InChI is InChI=1S/C16H20F2N2O/c1-3-12-9-13(20(4-2)19-12)10-14(21)8-11-6-5-7-15(17)16(11)18/h5-7,9,14,21H,3-4,8,10H2,1-2H3. The lowest BCUT2D eigenvalue weighted by Gasteiger charge is -2.12. The van der Waals surface area contributed by atoms with Crippen LogP contribution >= 0.6 is 0 Å². The molecule has 1 heterocycles. The van der Waals surface area contributed by atoms with Gasteiger partial charge in [0.05, 0.1) is 11.8 Å². The van der Waals surface area contributed by atoms with Crippen LogP contribution in [0.1, 0.15) is 30.8 Å². The fourth-order valence-electron chi connectivity index (χ4n) is 2.40. The topological polar surface area (TPSA) is 38.0 Å². The number of nitrogens with zero attached hydrogens (tertiary/aromatic N) is 2. The van der Waals surface area contributed by atoms with E-state index in [1.807, 2.05) is 24.6 Å². The highest BCUT2D eigenvalue weighted by Crippen LogP contribution is 2.16. The van der Waals surface area contributed by atoms with Crippen molar-refractivity contribution in [3.63, 3.8) is 0 Å². The summed E-state index contributed by atoms with van der Waals surface area (Å²) in [6.45, 7) is 4.72. The van der Waals surface area contributed by atoms with Crippen LogP contribution in [-0.2, 0) is 25.8 Å². The molecule has 2 rings (SSSR count). The van der Waals surface area contributed by atoms with Crippen molar-refractivity contribution in [3.05, 3.63) is 52.9 Å². The number of aliphatic hydroxyl groups is 1. The molecular formula is C16H20F2N2O. The zero-order valence-electron chi connectivity index (χ0n) is 12.3. The van der Waals surface area contributed by atoms with Gasteiger partial charge in [0, 0.05) is 25.1 Å². The van der Waals surface area contributed by atoms with Crippen molar-refractivity contribution < 1.29 is 13.9 Å². The first-order valence-corrected chi connectivity index (χ1v) is 7.21. The molecule has 0 fully saturated rings. The third-order valence-corrected chi connectivity index (χ3v) is 3.51. The lowest BCUT2D eigenvalue weighted by Crippen LogP contribution is -2.17. The quantitative estimate of drug-likeness (QED) is 0.889.